The van der Waals surface area contributed by atoms with Gasteiger partial charge in [-0.1, -0.05) is 6.07 Å². The number of amides is 1. The number of rotatable bonds is 5. The molecule has 0 unspecified atom stereocenters. The lowest BCUT2D eigenvalue weighted by Gasteiger charge is -2.33. The maximum absolute atomic E-state index is 12.9. The Kier molecular flexibility index (Phi) is 5.61. The number of pyridine rings is 1. The number of carbonyl (C=O) groups is 1. The van der Waals surface area contributed by atoms with Gasteiger partial charge >= 0.3 is 0 Å². The molecule has 7 heteroatoms. The Morgan fingerprint density at radius 2 is 1.81 bits per heavy atom. The summed E-state index contributed by atoms with van der Waals surface area (Å²) in [6.45, 7) is 5.26. The van der Waals surface area contributed by atoms with Gasteiger partial charge in [0.15, 0.2) is 6.29 Å². The fourth-order valence-corrected chi connectivity index (χ4v) is 4.28. The van der Waals surface area contributed by atoms with Gasteiger partial charge in [-0.15, -0.1) is 0 Å². The molecule has 0 N–H and O–H groups in total. The van der Waals surface area contributed by atoms with Gasteiger partial charge in [-0.2, -0.15) is 0 Å². The summed E-state index contributed by atoms with van der Waals surface area (Å²) in [4.78, 5) is 19.3. The van der Waals surface area contributed by atoms with Crippen molar-refractivity contribution >= 4 is 11.6 Å². The van der Waals surface area contributed by atoms with E-state index in [4.69, 9.17) is 14.2 Å². The lowest BCUT2D eigenvalue weighted by molar-refractivity contribution is -0.0956. The first-order chi connectivity index (χ1) is 15.2. The summed E-state index contributed by atoms with van der Waals surface area (Å²) >= 11 is 0. The molecule has 2 aliphatic heterocycles. The van der Waals surface area contributed by atoms with Crippen LogP contribution in [0.5, 0.6) is 5.75 Å². The first kappa shape index (κ1) is 20.0. The number of imidazole rings is 1. The molecule has 5 rings (SSSR count). The summed E-state index contributed by atoms with van der Waals surface area (Å²) in [6, 6.07) is 11.4. The van der Waals surface area contributed by atoms with Gasteiger partial charge in [-0.05, 0) is 55.7 Å². The van der Waals surface area contributed by atoms with E-state index in [0.717, 1.165) is 43.0 Å². The molecule has 3 aromatic rings. The average Bonchev–Trinajstić information content (AvgIpc) is 3.47. The predicted octanol–water partition coefficient (Wildman–Crippen LogP) is 3.45. The van der Waals surface area contributed by atoms with Gasteiger partial charge in [0.1, 0.15) is 18.0 Å². The normalized spacial score (nSPS) is 18.0. The topological polar surface area (TPSA) is 65.3 Å². The smallest absolute Gasteiger partial charge is 0.253 e. The molecule has 0 saturated carbocycles. The highest BCUT2D eigenvalue weighted by Gasteiger charge is 2.32. The third-order valence-corrected chi connectivity index (χ3v) is 6.00. The molecule has 2 fully saturated rings. The van der Waals surface area contributed by atoms with Crippen LogP contribution in [0.3, 0.4) is 0 Å². The van der Waals surface area contributed by atoms with Gasteiger partial charge in [0.25, 0.3) is 5.91 Å². The zero-order valence-corrected chi connectivity index (χ0v) is 17.7. The highest BCUT2D eigenvalue weighted by atomic mass is 16.7. The van der Waals surface area contributed by atoms with Crippen LogP contribution < -0.4 is 4.74 Å². The summed E-state index contributed by atoms with van der Waals surface area (Å²) in [5, 5.41) is 0. The maximum atomic E-state index is 12.9. The van der Waals surface area contributed by atoms with Gasteiger partial charge in [-0.25, -0.2) is 4.98 Å². The summed E-state index contributed by atoms with van der Waals surface area (Å²) < 4.78 is 19.1. The van der Waals surface area contributed by atoms with Gasteiger partial charge in [-0.3, -0.25) is 4.79 Å². The third kappa shape index (κ3) is 4.43. The average molecular weight is 421 g/mol. The van der Waals surface area contributed by atoms with E-state index in [1.54, 1.807) is 0 Å². The lowest BCUT2D eigenvalue weighted by atomic mass is 9.95. The number of fused-ring (bicyclic) bond motifs is 1. The van der Waals surface area contributed by atoms with E-state index in [1.807, 2.05) is 58.1 Å². The quantitative estimate of drug-likeness (QED) is 0.631. The molecule has 162 valence electrons. The molecular weight excluding hydrogens is 394 g/mol. The molecule has 2 aliphatic rings. The predicted molar refractivity (Wildman–Crippen MR) is 115 cm³/mol. The van der Waals surface area contributed by atoms with Crippen LogP contribution in [0.15, 0.2) is 48.8 Å². The Bertz CT molecular complexity index is 1050. The molecule has 0 aliphatic carbocycles. The van der Waals surface area contributed by atoms with Crippen LogP contribution in [0.25, 0.3) is 5.65 Å². The van der Waals surface area contributed by atoms with Crippen molar-refractivity contribution in [3.05, 3.63) is 65.6 Å². The fraction of sp³-hybridized carbons (Fsp3) is 0.417. The summed E-state index contributed by atoms with van der Waals surface area (Å²) in [7, 11) is 0. The Morgan fingerprint density at radius 1 is 1.06 bits per heavy atom. The number of benzene rings is 1. The lowest BCUT2D eigenvalue weighted by Crippen LogP contribution is -2.41. The molecule has 1 aromatic carbocycles. The Hall–Kier alpha value is -2.90. The molecule has 4 heterocycles. The molecule has 2 saturated heterocycles. The first-order valence-corrected chi connectivity index (χ1v) is 10.9. The SMILES string of the molecule is Cc1ccc2nc(COc3ccc(C(=O)N4CCC(C5OCCO5)CC4)cc3)cn2c1. The van der Waals surface area contributed by atoms with Crippen LogP contribution in [-0.2, 0) is 16.1 Å². The first-order valence-electron chi connectivity index (χ1n) is 10.9. The zero-order chi connectivity index (χ0) is 21.2. The van der Waals surface area contributed by atoms with Crippen LogP contribution in [0, 0.1) is 12.8 Å². The van der Waals surface area contributed by atoms with Crippen molar-refractivity contribution < 1.29 is 19.0 Å². The number of hydrogen-bond acceptors (Lipinski definition) is 5. The number of piperidine rings is 1. The second-order valence-corrected chi connectivity index (χ2v) is 8.26. The van der Waals surface area contributed by atoms with Crippen LogP contribution in [0.2, 0.25) is 0 Å². The van der Waals surface area contributed by atoms with Crippen LogP contribution in [0.4, 0.5) is 0 Å². The number of carbonyl (C=O) groups excluding carboxylic acids is 1. The van der Waals surface area contributed by atoms with Gasteiger partial charge in [0.2, 0.25) is 0 Å². The van der Waals surface area contributed by atoms with Crippen molar-refractivity contribution in [2.24, 2.45) is 5.92 Å². The molecule has 0 bridgehead atoms. The van der Waals surface area contributed by atoms with Crippen molar-refractivity contribution in [3.63, 3.8) is 0 Å². The van der Waals surface area contributed by atoms with E-state index >= 15 is 0 Å². The van der Waals surface area contributed by atoms with Crippen molar-refractivity contribution in [2.75, 3.05) is 26.3 Å². The molecule has 31 heavy (non-hydrogen) atoms. The van der Waals surface area contributed by atoms with Crippen LogP contribution in [-0.4, -0.2) is 52.8 Å². The molecule has 7 nitrogen and oxygen atoms in total. The van der Waals surface area contributed by atoms with Crippen LogP contribution in [0.1, 0.15) is 34.5 Å². The Morgan fingerprint density at radius 3 is 2.55 bits per heavy atom. The number of aryl methyl sites for hydroxylation is 1. The molecule has 0 radical (unpaired) electrons. The highest BCUT2D eigenvalue weighted by molar-refractivity contribution is 5.94. The van der Waals surface area contributed by atoms with E-state index < -0.39 is 0 Å². The highest BCUT2D eigenvalue weighted by Crippen LogP contribution is 2.27. The van der Waals surface area contributed by atoms with Crippen molar-refractivity contribution in [2.45, 2.75) is 32.7 Å². The minimum atomic E-state index is -0.0920. The minimum absolute atomic E-state index is 0.0639. The molecule has 2 aromatic heterocycles. The third-order valence-electron chi connectivity index (χ3n) is 6.00. The second-order valence-electron chi connectivity index (χ2n) is 8.26. The second kappa shape index (κ2) is 8.69. The van der Waals surface area contributed by atoms with Crippen LogP contribution >= 0.6 is 0 Å². The summed E-state index contributed by atoms with van der Waals surface area (Å²) in [5.74, 6) is 1.17. The minimum Gasteiger partial charge on any atom is -0.487 e. The van der Waals surface area contributed by atoms with Gasteiger partial charge in [0, 0.05) is 37.0 Å². The number of ether oxygens (including phenoxy) is 3. The molecule has 0 spiro atoms. The Labute approximate surface area is 181 Å². The van der Waals surface area contributed by atoms with Crippen molar-refractivity contribution in [1.82, 2.24) is 14.3 Å². The van der Waals surface area contributed by atoms with Crippen molar-refractivity contribution in [3.8, 4) is 5.75 Å². The standard InChI is InChI=1S/C24H27N3O4/c1-17-2-7-22-25-20(15-27(22)14-17)16-31-21-5-3-18(4-6-21)23(28)26-10-8-19(9-11-26)24-29-12-13-30-24/h2-7,14-15,19,24H,8-13,16H2,1H3. The fourth-order valence-electron chi connectivity index (χ4n) is 4.28. The maximum Gasteiger partial charge on any atom is 0.253 e. The zero-order valence-electron chi connectivity index (χ0n) is 17.7. The molecule has 0 atom stereocenters. The number of nitrogens with zero attached hydrogens (tertiary/aromatic N) is 3. The largest absolute Gasteiger partial charge is 0.487 e. The molecular formula is C24H27N3O4. The monoisotopic (exact) mass is 421 g/mol. The van der Waals surface area contributed by atoms with E-state index in [-0.39, 0.29) is 12.2 Å². The van der Waals surface area contributed by atoms with Gasteiger partial charge in [0.05, 0.1) is 18.9 Å². The van der Waals surface area contributed by atoms with E-state index in [0.29, 0.717) is 31.3 Å². The van der Waals surface area contributed by atoms with E-state index in [1.165, 1.54) is 5.56 Å². The van der Waals surface area contributed by atoms with Crippen molar-refractivity contribution in [1.29, 1.82) is 0 Å². The number of likely N-dealkylation sites (tertiary alicyclic amines) is 1. The molecule has 1 amide bonds. The van der Waals surface area contributed by atoms with E-state index in [9.17, 15) is 4.79 Å². The van der Waals surface area contributed by atoms with Gasteiger partial charge < -0.3 is 23.5 Å². The number of hydrogen-bond donors (Lipinski definition) is 0. The Balaban J connectivity index is 1.15. The van der Waals surface area contributed by atoms with E-state index in [2.05, 4.69) is 11.9 Å². The number of aromatic nitrogens is 2. The summed E-state index contributed by atoms with van der Waals surface area (Å²) in [6.07, 6.45) is 5.76. The summed E-state index contributed by atoms with van der Waals surface area (Å²) in [5.41, 5.74) is 3.63.